The predicted molar refractivity (Wildman–Crippen MR) is 103 cm³/mol. The molecule has 0 aliphatic rings. The molecule has 0 spiro atoms. The van der Waals surface area contributed by atoms with Crippen LogP contribution in [0.1, 0.15) is 45.3 Å². The number of amides is 3. The number of urea groups is 1. The van der Waals surface area contributed by atoms with Crippen molar-refractivity contribution in [2.75, 3.05) is 19.5 Å². The molecule has 1 atom stereocenters. The zero-order valence-electron chi connectivity index (χ0n) is 15.6. The van der Waals surface area contributed by atoms with Crippen molar-refractivity contribution in [2.45, 2.75) is 33.2 Å². The van der Waals surface area contributed by atoms with Crippen molar-refractivity contribution in [3.8, 4) is 5.75 Å². The predicted octanol–water partition coefficient (Wildman–Crippen LogP) is 3.40. The number of thiazole rings is 1. The number of carbonyl (C=O) groups excluding carboxylic acids is 2. The minimum Gasteiger partial charge on any atom is -0.495 e. The van der Waals surface area contributed by atoms with Crippen LogP contribution in [0.3, 0.4) is 0 Å². The number of hydrogen-bond donors (Lipinski definition) is 3. The molecular weight excluding hydrogens is 352 g/mol. The summed E-state index contributed by atoms with van der Waals surface area (Å²) in [5, 5.41) is 9.12. The van der Waals surface area contributed by atoms with Crippen molar-refractivity contribution >= 4 is 29.0 Å². The second kappa shape index (κ2) is 8.66. The third kappa shape index (κ3) is 4.51. The Labute approximate surface area is 157 Å². The number of carbonyl (C=O) groups is 2. The Morgan fingerprint density at radius 3 is 2.58 bits per heavy atom. The fourth-order valence-electron chi connectivity index (χ4n) is 2.39. The largest absolute Gasteiger partial charge is 0.495 e. The summed E-state index contributed by atoms with van der Waals surface area (Å²) >= 11 is 1.58. The van der Waals surface area contributed by atoms with E-state index in [1.54, 1.807) is 36.6 Å². The highest BCUT2D eigenvalue weighted by molar-refractivity contribution is 7.11. The van der Waals surface area contributed by atoms with Gasteiger partial charge in [0.25, 0.3) is 5.91 Å². The molecule has 7 nitrogen and oxygen atoms in total. The van der Waals surface area contributed by atoms with E-state index < -0.39 is 0 Å². The first-order valence-corrected chi connectivity index (χ1v) is 9.12. The highest BCUT2D eigenvalue weighted by Crippen LogP contribution is 2.27. The molecule has 3 N–H and O–H groups in total. The summed E-state index contributed by atoms with van der Waals surface area (Å²) in [6.45, 7) is 5.96. The summed E-state index contributed by atoms with van der Waals surface area (Å²) in [7, 11) is 3.06. The van der Waals surface area contributed by atoms with E-state index in [4.69, 9.17) is 4.74 Å². The Hall–Kier alpha value is -2.61. The van der Waals surface area contributed by atoms with Gasteiger partial charge in [-0.25, -0.2) is 9.78 Å². The summed E-state index contributed by atoms with van der Waals surface area (Å²) in [6, 6.07) is 4.30. The molecule has 3 amide bonds. The van der Waals surface area contributed by atoms with Crippen LogP contribution in [0.4, 0.5) is 10.5 Å². The monoisotopic (exact) mass is 376 g/mol. The Balaban J connectivity index is 2.16. The Morgan fingerprint density at radius 2 is 2.04 bits per heavy atom. The van der Waals surface area contributed by atoms with Gasteiger partial charge in [-0.05, 0) is 38.5 Å². The lowest BCUT2D eigenvalue weighted by Gasteiger charge is -2.17. The van der Waals surface area contributed by atoms with Crippen LogP contribution in [0.25, 0.3) is 0 Å². The molecule has 0 bridgehead atoms. The van der Waals surface area contributed by atoms with Gasteiger partial charge < -0.3 is 20.7 Å². The number of aromatic nitrogens is 1. The van der Waals surface area contributed by atoms with Crippen molar-refractivity contribution in [1.82, 2.24) is 15.6 Å². The first kappa shape index (κ1) is 19.7. The molecule has 0 aliphatic carbocycles. The summed E-state index contributed by atoms with van der Waals surface area (Å²) in [4.78, 5) is 29.9. The fourth-order valence-corrected chi connectivity index (χ4v) is 3.45. The number of rotatable bonds is 6. The maximum Gasteiger partial charge on any atom is 0.319 e. The second-order valence-corrected chi connectivity index (χ2v) is 6.98. The third-order valence-corrected chi connectivity index (χ3v) is 5.18. The second-order valence-electron chi connectivity index (χ2n) is 5.75. The van der Waals surface area contributed by atoms with Crippen LogP contribution in [0.2, 0.25) is 0 Å². The van der Waals surface area contributed by atoms with E-state index >= 15 is 0 Å². The number of methoxy groups -OCH3 is 1. The fraction of sp³-hybridized carbons (Fsp3) is 0.389. The Bertz CT molecular complexity index is 784. The van der Waals surface area contributed by atoms with E-state index in [0.29, 0.717) is 17.0 Å². The van der Waals surface area contributed by atoms with Crippen molar-refractivity contribution < 1.29 is 14.3 Å². The lowest BCUT2D eigenvalue weighted by Crippen LogP contribution is -2.32. The quantitative estimate of drug-likeness (QED) is 0.720. The van der Waals surface area contributed by atoms with Gasteiger partial charge in [0, 0.05) is 17.5 Å². The minimum atomic E-state index is -0.380. The van der Waals surface area contributed by atoms with Crippen molar-refractivity contribution in [2.24, 2.45) is 0 Å². The van der Waals surface area contributed by atoms with Gasteiger partial charge in [-0.1, -0.05) is 6.92 Å². The van der Waals surface area contributed by atoms with Gasteiger partial charge in [0.2, 0.25) is 0 Å². The topological polar surface area (TPSA) is 92.4 Å². The standard InChI is InChI=1S/C18H24N4O3S/c1-6-13(17-20-10(2)11(3)26-17)21-18(24)22-14-9-12(16(23)19-4)7-8-15(14)25-5/h7-9,13H,6H2,1-5H3,(H,19,23)(H2,21,22,24). The van der Waals surface area contributed by atoms with Gasteiger partial charge in [-0.3, -0.25) is 4.79 Å². The summed E-state index contributed by atoms with van der Waals surface area (Å²) in [6.07, 6.45) is 0.717. The van der Waals surface area contributed by atoms with Gasteiger partial charge in [0.15, 0.2) is 0 Å². The van der Waals surface area contributed by atoms with E-state index in [-0.39, 0.29) is 18.0 Å². The van der Waals surface area contributed by atoms with Crippen LogP contribution < -0.4 is 20.7 Å². The summed E-state index contributed by atoms with van der Waals surface area (Å²) < 4.78 is 5.27. The van der Waals surface area contributed by atoms with Gasteiger partial charge in [-0.15, -0.1) is 11.3 Å². The molecule has 0 aliphatic heterocycles. The zero-order valence-corrected chi connectivity index (χ0v) is 16.4. The highest BCUT2D eigenvalue weighted by Gasteiger charge is 2.18. The van der Waals surface area contributed by atoms with E-state index in [0.717, 1.165) is 22.0 Å². The van der Waals surface area contributed by atoms with E-state index in [2.05, 4.69) is 20.9 Å². The Kier molecular flexibility index (Phi) is 6.57. The van der Waals surface area contributed by atoms with E-state index in [9.17, 15) is 9.59 Å². The normalized spacial score (nSPS) is 11.6. The molecule has 1 aromatic heterocycles. The molecule has 0 radical (unpaired) electrons. The molecule has 1 unspecified atom stereocenters. The molecule has 8 heteroatoms. The number of aryl methyl sites for hydroxylation is 2. The first-order valence-electron chi connectivity index (χ1n) is 8.31. The first-order chi connectivity index (χ1) is 12.4. The molecule has 2 aromatic rings. The molecule has 26 heavy (non-hydrogen) atoms. The number of hydrogen-bond acceptors (Lipinski definition) is 5. The number of nitrogens with one attached hydrogen (secondary N) is 3. The average Bonchev–Trinajstić information content (AvgIpc) is 2.97. The lowest BCUT2D eigenvalue weighted by atomic mass is 10.1. The van der Waals surface area contributed by atoms with Crippen LogP contribution in [0, 0.1) is 13.8 Å². The van der Waals surface area contributed by atoms with Crippen LogP contribution >= 0.6 is 11.3 Å². The van der Waals surface area contributed by atoms with Gasteiger partial charge in [0.05, 0.1) is 24.5 Å². The lowest BCUT2D eigenvalue weighted by molar-refractivity contribution is 0.0963. The average molecular weight is 376 g/mol. The van der Waals surface area contributed by atoms with Gasteiger partial charge in [0.1, 0.15) is 10.8 Å². The number of anilines is 1. The van der Waals surface area contributed by atoms with Crippen LogP contribution in [-0.4, -0.2) is 31.1 Å². The number of benzene rings is 1. The Morgan fingerprint density at radius 1 is 1.31 bits per heavy atom. The third-order valence-electron chi connectivity index (χ3n) is 3.99. The van der Waals surface area contributed by atoms with Crippen LogP contribution in [-0.2, 0) is 0 Å². The van der Waals surface area contributed by atoms with Gasteiger partial charge in [-0.2, -0.15) is 0 Å². The molecule has 140 valence electrons. The summed E-state index contributed by atoms with van der Waals surface area (Å²) in [5.74, 6) is 0.234. The van der Waals surface area contributed by atoms with Crippen molar-refractivity contribution in [3.63, 3.8) is 0 Å². The van der Waals surface area contributed by atoms with Crippen LogP contribution in [0.15, 0.2) is 18.2 Å². The SMILES string of the molecule is CCC(NC(=O)Nc1cc(C(=O)NC)ccc1OC)c1nc(C)c(C)s1. The smallest absolute Gasteiger partial charge is 0.319 e. The van der Waals surface area contributed by atoms with Crippen molar-refractivity contribution in [3.05, 3.63) is 39.3 Å². The maximum atomic E-state index is 12.5. The van der Waals surface area contributed by atoms with E-state index in [1.807, 2.05) is 20.8 Å². The molecule has 0 saturated heterocycles. The van der Waals surface area contributed by atoms with E-state index in [1.165, 1.54) is 7.11 Å². The molecule has 0 saturated carbocycles. The van der Waals surface area contributed by atoms with Crippen LogP contribution in [0.5, 0.6) is 5.75 Å². The highest BCUT2D eigenvalue weighted by atomic mass is 32.1. The van der Waals surface area contributed by atoms with Gasteiger partial charge >= 0.3 is 6.03 Å². The van der Waals surface area contributed by atoms with Crippen molar-refractivity contribution in [1.29, 1.82) is 0 Å². The number of nitrogens with zero attached hydrogens (tertiary/aromatic N) is 1. The molecular formula is C18H24N4O3S. The summed E-state index contributed by atoms with van der Waals surface area (Å²) in [5.41, 5.74) is 1.83. The number of ether oxygens (including phenoxy) is 1. The molecule has 0 fully saturated rings. The molecule has 2 rings (SSSR count). The maximum absolute atomic E-state index is 12.5. The molecule has 1 heterocycles. The zero-order chi connectivity index (χ0) is 19.3. The minimum absolute atomic E-state index is 0.180. The molecule has 1 aromatic carbocycles.